The fraction of sp³-hybridized carbons (Fsp3) is 0.611. The van der Waals surface area contributed by atoms with Crippen molar-refractivity contribution >= 4 is 5.91 Å². The highest BCUT2D eigenvalue weighted by Crippen LogP contribution is 2.26. The first-order valence-corrected chi connectivity index (χ1v) is 8.80. The van der Waals surface area contributed by atoms with Gasteiger partial charge < -0.3 is 14.8 Å². The number of aromatic nitrogens is 4. The van der Waals surface area contributed by atoms with Crippen LogP contribution >= 0.6 is 0 Å². The topological polar surface area (TPSA) is 68.0 Å². The van der Waals surface area contributed by atoms with Gasteiger partial charge in [-0.1, -0.05) is 0 Å². The number of hydrogen-bond acceptors (Lipinski definition) is 4. The predicted molar refractivity (Wildman–Crippen MR) is 96.4 cm³/mol. The van der Waals surface area contributed by atoms with Crippen molar-refractivity contribution in [3.05, 3.63) is 35.2 Å². The molecule has 1 fully saturated rings. The van der Waals surface area contributed by atoms with Crippen LogP contribution in [0.1, 0.15) is 35.0 Å². The van der Waals surface area contributed by atoms with Gasteiger partial charge in [-0.05, 0) is 32.9 Å². The van der Waals surface area contributed by atoms with Crippen LogP contribution in [0.3, 0.4) is 0 Å². The van der Waals surface area contributed by atoms with Crippen LogP contribution < -0.4 is 5.32 Å². The van der Waals surface area contributed by atoms with E-state index in [-0.39, 0.29) is 17.9 Å². The lowest BCUT2D eigenvalue weighted by Crippen LogP contribution is -2.40. The average molecular weight is 344 g/mol. The number of imidazole rings is 1. The van der Waals surface area contributed by atoms with Crippen molar-refractivity contribution in [1.29, 1.82) is 0 Å². The van der Waals surface area contributed by atoms with Gasteiger partial charge in [0.05, 0.1) is 18.1 Å². The molecule has 7 nitrogen and oxygen atoms in total. The molecule has 1 aliphatic rings. The quantitative estimate of drug-likeness (QED) is 0.876. The van der Waals surface area contributed by atoms with Crippen LogP contribution in [0.5, 0.6) is 0 Å². The maximum Gasteiger partial charge on any atom is 0.220 e. The van der Waals surface area contributed by atoms with Crippen molar-refractivity contribution in [2.75, 3.05) is 20.1 Å². The highest BCUT2D eigenvalue weighted by Gasteiger charge is 2.34. The highest BCUT2D eigenvalue weighted by molar-refractivity contribution is 5.76. The van der Waals surface area contributed by atoms with Gasteiger partial charge in [0.15, 0.2) is 0 Å². The van der Waals surface area contributed by atoms with Crippen molar-refractivity contribution < 1.29 is 4.79 Å². The molecule has 136 valence electrons. The Bertz CT molecular complexity index is 762. The van der Waals surface area contributed by atoms with E-state index in [1.807, 2.05) is 42.8 Å². The third-order valence-corrected chi connectivity index (χ3v) is 5.34. The molecule has 0 saturated carbocycles. The summed E-state index contributed by atoms with van der Waals surface area (Å²) in [5, 5.41) is 7.67. The molecule has 3 rings (SSSR count). The number of hydrogen-bond donors (Lipinski definition) is 1. The Hall–Kier alpha value is -2.15. The maximum atomic E-state index is 12.5. The number of carbonyl (C=O) groups excluding carboxylic acids is 1. The van der Waals surface area contributed by atoms with Crippen LogP contribution in [-0.4, -0.2) is 56.3 Å². The molecular formula is C18H28N6O. The van der Waals surface area contributed by atoms with E-state index < -0.39 is 0 Å². The highest BCUT2D eigenvalue weighted by atomic mass is 16.1. The Morgan fingerprint density at radius 3 is 2.64 bits per heavy atom. The molecule has 1 amide bonds. The van der Waals surface area contributed by atoms with E-state index in [2.05, 4.69) is 34.3 Å². The molecule has 2 aromatic rings. The van der Waals surface area contributed by atoms with E-state index in [1.165, 1.54) is 11.3 Å². The number of likely N-dealkylation sites (tertiary alicyclic amines) is 1. The average Bonchev–Trinajstić information content (AvgIpc) is 3.18. The Balaban J connectivity index is 1.62. The zero-order chi connectivity index (χ0) is 18.1. The van der Waals surface area contributed by atoms with Crippen molar-refractivity contribution in [1.82, 2.24) is 29.5 Å². The zero-order valence-corrected chi connectivity index (χ0v) is 15.8. The van der Waals surface area contributed by atoms with Crippen molar-refractivity contribution in [2.24, 2.45) is 14.1 Å². The minimum absolute atomic E-state index is 0.107. The molecular weight excluding hydrogens is 316 g/mol. The largest absolute Gasteiger partial charge is 0.351 e. The molecule has 1 saturated heterocycles. The summed E-state index contributed by atoms with van der Waals surface area (Å²) in [5.41, 5.74) is 4.51. The molecule has 0 radical (unpaired) electrons. The van der Waals surface area contributed by atoms with Crippen LogP contribution in [0.15, 0.2) is 12.5 Å². The molecule has 7 heteroatoms. The Kier molecular flexibility index (Phi) is 4.94. The van der Waals surface area contributed by atoms with E-state index in [9.17, 15) is 4.79 Å². The fourth-order valence-electron chi connectivity index (χ4n) is 3.87. The van der Waals surface area contributed by atoms with Crippen molar-refractivity contribution in [2.45, 2.75) is 38.6 Å². The van der Waals surface area contributed by atoms with E-state index in [4.69, 9.17) is 0 Å². The van der Waals surface area contributed by atoms with Gasteiger partial charge in [0.25, 0.3) is 0 Å². The van der Waals surface area contributed by atoms with Gasteiger partial charge in [0.2, 0.25) is 5.91 Å². The van der Waals surface area contributed by atoms with Gasteiger partial charge >= 0.3 is 0 Å². The van der Waals surface area contributed by atoms with Gasteiger partial charge in [0.1, 0.15) is 0 Å². The first-order chi connectivity index (χ1) is 11.9. The van der Waals surface area contributed by atoms with Gasteiger partial charge in [-0.25, -0.2) is 4.98 Å². The fourth-order valence-corrected chi connectivity index (χ4v) is 3.87. The van der Waals surface area contributed by atoms with Crippen molar-refractivity contribution in [3.8, 4) is 0 Å². The van der Waals surface area contributed by atoms with E-state index in [0.29, 0.717) is 6.42 Å². The summed E-state index contributed by atoms with van der Waals surface area (Å²) in [6.45, 7) is 5.86. The van der Waals surface area contributed by atoms with E-state index in [1.54, 1.807) is 0 Å². The van der Waals surface area contributed by atoms with E-state index in [0.717, 1.165) is 30.9 Å². The molecule has 0 aromatic carbocycles. The zero-order valence-electron chi connectivity index (χ0n) is 15.8. The number of aryl methyl sites for hydroxylation is 3. The van der Waals surface area contributed by atoms with Crippen LogP contribution in [0.4, 0.5) is 0 Å². The van der Waals surface area contributed by atoms with Crippen LogP contribution in [0.2, 0.25) is 0 Å². The second kappa shape index (κ2) is 7.00. The Morgan fingerprint density at radius 2 is 2.04 bits per heavy atom. The van der Waals surface area contributed by atoms with Gasteiger partial charge in [-0.3, -0.25) is 9.48 Å². The van der Waals surface area contributed by atoms with Crippen LogP contribution in [0.25, 0.3) is 0 Å². The normalized spacial score (nSPS) is 21.0. The summed E-state index contributed by atoms with van der Waals surface area (Å²) in [6.07, 6.45) is 4.95. The number of nitrogens with one attached hydrogen (secondary N) is 1. The third-order valence-electron chi connectivity index (χ3n) is 5.34. The number of carbonyl (C=O) groups is 1. The molecule has 2 atom stereocenters. The number of rotatable bonds is 5. The Labute approximate surface area is 149 Å². The SMILES string of the molecule is Cc1nn(C)c(C)c1CCC(=O)N[C@@H]1CN(C)C[C@H]1c1cncn1C. The Morgan fingerprint density at radius 1 is 1.28 bits per heavy atom. The smallest absolute Gasteiger partial charge is 0.220 e. The predicted octanol–water partition coefficient (Wildman–Crippen LogP) is 0.917. The molecule has 2 aromatic heterocycles. The molecule has 0 unspecified atom stereocenters. The monoisotopic (exact) mass is 344 g/mol. The minimum atomic E-state index is 0.107. The number of likely N-dealkylation sites (N-methyl/N-ethyl adjacent to an activating group) is 1. The van der Waals surface area contributed by atoms with Crippen LogP contribution in [0, 0.1) is 13.8 Å². The molecule has 3 heterocycles. The lowest BCUT2D eigenvalue weighted by atomic mass is 9.99. The van der Waals surface area contributed by atoms with Crippen molar-refractivity contribution in [3.63, 3.8) is 0 Å². The number of amides is 1. The number of nitrogens with zero attached hydrogens (tertiary/aromatic N) is 5. The van der Waals surface area contributed by atoms with Crippen LogP contribution in [-0.2, 0) is 25.3 Å². The first kappa shape index (κ1) is 17.7. The molecule has 0 spiro atoms. The van der Waals surface area contributed by atoms with E-state index >= 15 is 0 Å². The summed E-state index contributed by atoms with van der Waals surface area (Å²) in [4.78, 5) is 19.0. The van der Waals surface area contributed by atoms with Gasteiger partial charge in [0, 0.05) is 57.1 Å². The third kappa shape index (κ3) is 3.61. The summed E-state index contributed by atoms with van der Waals surface area (Å²) in [6, 6.07) is 0.129. The minimum Gasteiger partial charge on any atom is -0.351 e. The second-order valence-electron chi connectivity index (χ2n) is 7.20. The molecule has 1 aliphatic heterocycles. The summed E-state index contributed by atoms with van der Waals surface area (Å²) < 4.78 is 3.93. The molecule has 25 heavy (non-hydrogen) atoms. The lowest BCUT2D eigenvalue weighted by molar-refractivity contribution is -0.121. The first-order valence-electron chi connectivity index (χ1n) is 8.80. The maximum absolute atomic E-state index is 12.5. The van der Waals surface area contributed by atoms with Gasteiger partial charge in [-0.2, -0.15) is 5.10 Å². The second-order valence-corrected chi connectivity index (χ2v) is 7.20. The molecule has 0 aliphatic carbocycles. The summed E-state index contributed by atoms with van der Waals surface area (Å²) in [7, 11) is 6.05. The van der Waals surface area contributed by atoms with Gasteiger partial charge in [-0.15, -0.1) is 0 Å². The summed E-state index contributed by atoms with van der Waals surface area (Å²) in [5.74, 6) is 0.387. The standard InChI is InChI=1S/C18H28N6O/c1-12-14(13(2)24(5)21-12)6-7-18(25)20-16-10-22(3)9-15(16)17-8-19-11-23(17)4/h8,11,15-16H,6-7,9-10H2,1-5H3,(H,20,25)/t15-,16-/m1/s1. The lowest BCUT2D eigenvalue weighted by Gasteiger charge is -2.20. The molecule has 0 bridgehead atoms. The molecule has 1 N–H and O–H groups in total. The summed E-state index contributed by atoms with van der Waals surface area (Å²) >= 11 is 0.